The number of aromatic amines is 1. The number of H-pyrrole nitrogens is 1. The first-order chi connectivity index (χ1) is 11.7. The van der Waals surface area contributed by atoms with Crippen molar-refractivity contribution in [1.29, 1.82) is 0 Å². The second-order valence-corrected chi connectivity index (χ2v) is 4.93. The fraction of sp³-hybridized carbons (Fsp3) is 0.200. The lowest BCUT2D eigenvalue weighted by atomic mass is 10.4. The van der Waals surface area contributed by atoms with Gasteiger partial charge in [0.15, 0.2) is 17.4 Å². The average molecular weight is 328 g/mol. The normalized spacial score (nSPS) is 19.2. The van der Waals surface area contributed by atoms with E-state index in [1.165, 1.54) is 6.33 Å². The molecule has 0 bridgehead atoms. The molecule has 4 N–H and O–H groups in total. The van der Waals surface area contributed by atoms with E-state index in [-0.39, 0.29) is 24.2 Å². The molecule has 2 atom stereocenters. The van der Waals surface area contributed by atoms with Gasteiger partial charge in [-0.15, -0.1) is 0 Å². The quantitative estimate of drug-likeness (QED) is 0.574. The summed E-state index contributed by atoms with van der Waals surface area (Å²) in [6.45, 7) is -0.101. The number of nitrogens with two attached hydrogens (primary N) is 1. The number of hydrogen-bond donors (Lipinski definition) is 3. The summed E-state index contributed by atoms with van der Waals surface area (Å²) in [5.41, 5.74) is 5.66. The molecule has 3 aromatic rings. The Hall–Kier alpha value is -3.04. The maximum Gasteiger partial charge on any atom is 0.280 e. The summed E-state index contributed by atoms with van der Waals surface area (Å²) >= 11 is 0. The highest BCUT2D eigenvalue weighted by molar-refractivity contribution is 5.70. The van der Waals surface area contributed by atoms with E-state index < -0.39 is 11.8 Å². The minimum Gasteiger partial charge on any atom is -0.393 e. The smallest absolute Gasteiger partial charge is 0.280 e. The average Bonchev–Trinajstić information content (AvgIpc) is 3.23. The molecule has 9 nitrogen and oxygen atoms in total. The molecule has 4 heterocycles. The van der Waals surface area contributed by atoms with Crippen LogP contribution in [-0.2, 0) is 4.74 Å². The number of hydrogen-bond acceptors (Lipinski definition) is 7. The van der Waals surface area contributed by atoms with Gasteiger partial charge in [-0.25, -0.2) is 4.98 Å². The van der Waals surface area contributed by atoms with Gasteiger partial charge in [-0.05, 0) is 18.2 Å². The Morgan fingerprint density at radius 3 is 2.67 bits per heavy atom. The van der Waals surface area contributed by atoms with Crippen molar-refractivity contribution in [3.8, 4) is 0 Å². The molecule has 0 fully saturated rings. The van der Waals surface area contributed by atoms with Crippen LogP contribution in [0.5, 0.6) is 0 Å². The molecule has 0 aromatic carbocycles. The van der Waals surface area contributed by atoms with Crippen LogP contribution in [0.4, 0.5) is 5.95 Å². The summed E-state index contributed by atoms with van der Waals surface area (Å²) in [6, 6.07) is 5.72. The minimum absolute atomic E-state index is 0.0231. The lowest BCUT2D eigenvalue weighted by Crippen LogP contribution is -2.16. The number of nitrogen functional groups attached to an aromatic ring is 1. The summed E-state index contributed by atoms with van der Waals surface area (Å²) in [4.78, 5) is 25.8. The first kappa shape index (κ1) is 15.8. The highest BCUT2D eigenvalue weighted by atomic mass is 16.5. The molecule has 124 valence electrons. The fourth-order valence-corrected chi connectivity index (χ4v) is 2.19. The summed E-state index contributed by atoms with van der Waals surface area (Å²) in [5, 5.41) is 8.99. The number of anilines is 1. The largest absolute Gasteiger partial charge is 0.393 e. The van der Waals surface area contributed by atoms with Crippen LogP contribution >= 0.6 is 0 Å². The van der Waals surface area contributed by atoms with Crippen molar-refractivity contribution in [3.63, 3.8) is 0 Å². The summed E-state index contributed by atoms with van der Waals surface area (Å²) in [7, 11) is 0. The van der Waals surface area contributed by atoms with Crippen molar-refractivity contribution in [1.82, 2.24) is 24.5 Å². The number of pyridine rings is 1. The van der Waals surface area contributed by atoms with E-state index in [4.69, 9.17) is 15.6 Å². The van der Waals surface area contributed by atoms with E-state index in [9.17, 15) is 4.79 Å². The van der Waals surface area contributed by atoms with Crippen LogP contribution in [0.25, 0.3) is 11.2 Å². The monoisotopic (exact) mass is 328 g/mol. The number of ether oxygens (including phenoxy) is 1. The fourth-order valence-electron chi connectivity index (χ4n) is 2.19. The minimum atomic E-state index is -0.444. The van der Waals surface area contributed by atoms with Crippen molar-refractivity contribution in [2.45, 2.75) is 12.3 Å². The lowest BCUT2D eigenvalue weighted by Gasteiger charge is -2.13. The van der Waals surface area contributed by atoms with E-state index in [0.717, 1.165) is 0 Å². The number of nitrogens with zero attached hydrogens (tertiary/aromatic N) is 4. The molecular weight excluding hydrogens is 312 g/mol. The van der Waals surface area contributed by atoms with Gasteiger partial charge in [0, 0.05) is 12.4 Å². The predicted molar refractivity (Wildman–Crippen MR) is 86.9 cm³/mol. The number of fused-ring (bicyclic) bond motifs is 1. The van der Waals surface area contributed by atoms with Crippen LogP contribution in [0.2, 0.25) is 0 Å². The highest BCUT2D eigenvalue weighted by Crippen LogP contribution is 2.23. The zero-order valence-electron chi connectivity index (χ0n) is 12.6. The SMILES string of the molecule is Nc1nc2c(ncn2[C@H]2C=C[C@@H](CO)O2)c(=O)[nH]1.c1ccncc1. The van der Waals surface area contributed by atoms with Crippen molar-refractivity contribution >= 4 is 17.1 Å². The van der Waals surface area contributed by atoms with E-state index in [2.05, 4.69) is 19.9 Å². The number of aliphatic hydroxyl groups is 1. The Morgan fingerprint density at radius 1 is 1.29 bits per heavy atom. The molecule has 1 aliphatic rings. The zero-order valence-corrected chi connectivity index (χ0v) is 12.6. The van der Waals surface area contributed by atoms with Crippen LogP contribution in [0, 0.1) is 0 Å². The Kier molecular flexibility index (Phi) is 4.64. The summed E-state index contributed by atoms with van der Waals surface area (Å²) in [5.74, 6) is 0.0231. The van der Waals surface area contributed by atoms with Crippen LogP contribution in [0.15, 0.2) is 53.9 Å². The van der Waals surface area contributed by atoms with E-state index >= 15 is 0 Å². The Balaban J connectivity index is 0.000000238. The van der Waals surface area contributed by atoms with Crippen molar-refractivity contribution in [2.24, 2.45) is 0 Å². The number of nitrogens with one attached hydrogen (secondary N) is 1. The molecule has 0 radical (unpaired) electrons. The number of aliphatic hydroxyl groups excluding tert-OH is 1. The number of aromatic nitrogens is 5. The first-order valence-corrected chi connectivity index (χ1v) is 7.21. The van der Waals surface area contributed by atoms with Crippen LogP contribution in [-0.4, -0.2) is 42.3 Å². The Bertz CT molecular complexity index is 862. The maximum absolute atomic E-state index is 11.6. The van der Waals surface area contributed by atoms with E-state index in [0.29, 0.717) is 5.65 Å². The predicted octanol–water partition coefficient (Wildman–Crippen LogP) is 0.229. The standard InChI is InChI=1S/C10H11N5O3.C5H5N/c11-10-13-8-7(9(17)14-10)12-4-15(8)6-2-1-5(3-16)18-6;1-2-4-6-5-3-1/h1-2,4-6,16H,3H2,(H3,11,13,14,17);1-5H/t5-,6+;/m0./s1. The number of rotatable bonds is 2. The van der Waals surface area contributed by atoms with Crippen molar-refractivity contribution in [3.05, 3.63) is 59.4 Å². The molecule has 0 amide bonds. The lowest BCUT2D eigenvalue weighted by molar-refractivity contribution is -0.00638. The van der Waals surface area contributed by atoms with Crippen LogP contribution < -0.4 is 11.3 Å². The van der Waals surface area contributed by atoms with Gasteiger partial charge in [0.1, 0.15) is 6.10 Å². The van der Waals surface area contributed by atoms with Gasteiger partial charge in [-0.3, -0.25) is 19.3 Å². The Morgan fingerprint density at radius 2 is 2.08 bits per heavy atom. The third-order valence-corrected chi connectivity index (χ3v) is 3.28. The van der Waals surface area contributed by atoms with Gasteiger partial charge in [0.25, 0.3) is 5.56 Å². The molecule has 0 spiro atoms. The third kappa shape index (κ3) is 3.31. The molecule has 0 saturated carbocycles. The summed E-state index contributed by atoms with van der Waals surface area (Å²) < 4.78 is 7.10. The van der Waals surface area contributed by atoms with Gasteiger partial charge in [0.05, 0.1) is 12.9 Å². The molecule has 9 heteroatoms. The van der Waals surface area contributed by atoms with Gasteiger partial charge in [-0.2, -0.15) is 4.98 Å². The molecule has 4 rings (SSSR count). The molecule has 3 aromatic heterocycles. The third-order valence-electron chi connectivity index (χ3n) is 3.28. The molecule has 1 aliphatic heterocycles. The van der Waals surface area contributed by atoms with Gasteiger partial charge >= 0.3 is 0 Å². The summed E-state index contributed by atoms with van der Waals surface area (Å²) in [6.07, 6.45) is 7.67. The molecule has 0 unspecified atom stereocenters. The molecule has 24 heavy (non-hydrogen) atoms. The Labute approximate surface area is 136 Å². The molecule has 0 saturated heterocycles. The topological polar surface area (TPSA) is 132 Å². The van der Waals surface area contributed by atoms with Gasteiger partial charge < -0.3 is 15.6 Å². The maximum atomic E-state index is 11.6. The molecule has 0 aliphatic carbocycles. The van der Waals surface area contributed by atoms with E-state index in [1.54, 1.807) is 29.1 Å². The van der Waals surface area contributed by atoms with Crippen LogP contribution in [0.3, 0.4) is 0 Å². The second-order valence-electron chi connectivity index (χ2n) is 4.93. The second kappa shape index (κ2) is 7.02. The first-order valence-electron chi connectivity index (χ1n) is 7.21. The molecular formula is C15H16N6O3. The van der Waals surface area contributed by atoms with Gasteiger partial charge in [0.2, 0.25) is 5.95 Å². The van der Waals surface area contributed by atoms with E-state index in [1.807, 2.05) is 18.2 Å². The van der Waals surface area contributed by atoms with Crippen molar-refractivity contribution in [2.75, 3.05) is 12.3 Å². The van der Waals surface area contributed by atoms with Crippen LogP contribution in [0.1, 0.15) is 6.23 Å². The zero-order chi connectivity index (χ0) is 16.9. The van der Waals surface area contributed by atoms with Crippen molar-refractivity contribution < 1.29 is 9.84 Å². The van der Waals surface area contributed by atoms with Gasteiger partial charge in [-0.1, -0.05) is 12.1 Å². The number of imidazole rings is 1. The highest BCUT2D eigenvalue weighted by Gasteiger charge is 2.22.